The highest BCUT2D eigenvalue weighted by atomic mass is 32.2. The number of carboxylic acid groups (broad SMARTS) is 1. The van der Waals surface area contributed by atoms with Gasteiger partial charge >= 0.3 is 5.97 Å². The first-order valence-corrected chi connectivity index (χ1v) is 5.64. The maximum absolute atomic E-state index is 11.1. The van der Waals surface area contributed by atoms with E-state index < -0.39 is 10.8 Å². The number of carbonyl (C=O) groups excluding carboxylic acids is 1. The van der Waals surface area contributed by atoms with E-state index in [-0.39, 0.29) is 12.3 Å². The van der Waals surface area contributed by atoms with E-state index >= 15 is 0 Å². The van der Waals surface area contributed by atoms with E-state index in [9.17, 15) is 9.59 Å². The highest BCUT2D eigenvalue weighted by molar-refractivity contribution is 8.23. The molecule has 0 saturated carbocycles. The molecule has 1 N–H and O–H groups in total. The summed E-state index contributed by atoms with van der Waals surface area (Å²) >= 11 is 2.71. The van der Waals surface area contributed by atoms with Crippen LogP contribution in [0.25, 0.3) is 0 Å². The third-order valence-electron chi connectivity index (χ3n) is 2.09. The van der Waals surface area contributed by atoms with Gasteiger partial charge in [0.25, 0.3) is 0 Å². The molecule has 0 radical (unpaired) electrons. The van der Waals surface area contributed by atoms with Gasteiger partial charge in [-0.05, 0) is 6.26 Å². The van der Waals surface area contributed by atoms with Crippen molar-refractivity contribution in [1.29, 1.82) is 0 Å². The molecule has 0 aromatic heterocycles. The van der Waals surface area contributed by atoms with Crippen molar-refractivity contribution in [2.24, 2.45) is 0 Å². The van der Waals surface area contributed by atoms with E-state index in [2.05, 4.69) is 0 Å². The summed E-state index contributed by atoms with van der Waals surface area (Å²) < 4.78 is 0.883. The number of hydrogen-bond donors (Lipinski definition) is 1. The van der Waals surface area contributed by atoms with E-state index in [1.807, 2.05) is 6.26 Å². The Morgan fingerprint density at radius 3 is 2.92 bits per heavy atom. The lowest BCUT2D eigenvalue weighted by atomic mass is 10.0. The van der Waals surface area contributed by atoms with Crippen LogP contribution in [-0.2, 0) is 9.59 Å². The fourth-order valence-electron chi connectivity index (χ4n) is 1.36. The first-order valence-electron chi connectivity index (χ1n) is 3.60. The predicted molar refractivity (Wildman–Crippen MR) is 51.0 cm³/mol. The van der Waals surface area contributed by atoms with Gasteiger partial charge in [-0.25, -0.2) is 4.79 Å². The van der Waals surface area contributed by atoms with Crippen LogP contribution in [0.3, 0.4) is 0 Å². The van der Waals surface area contributed by atoms with Crippen LogP contribution < -0.4 is 0 Å². The van der Waals surface area contributed by atoms with Crippen molar-refractivity contribution >= 4 is 35.4 Å². The molecule has 0 aromatic carbocycles. The second-order valence-electron chi connectivity index (χ2n) is 2.78. The second kappa shape index (κ2) is 2.68. The smallest absolute Gasteiger partial charge is 0.341 e. The van der Waals surface area contributed by atoms with Gasteiger partial charge in [-0.1, -0.05) is 11.8 Å². The number of thioether (sulfide) groups is 2. The summed E-state index contributed by atoms with van der Waals surface area (Å²) in [5.74, 6) is -1.05. The first kappa shape index (κ1) is 8.96. The molecular weight excluding hydrogens is 210 g/mol. The maximum atomic E-state index is 11.1. The van der Waals surface area contributed by atoms with Gasteiger partial charge in [0.1, 0.15) is 0 Å². The minimum Gasteiger partial charge on any atom is -0.479 e. The summed E-state index contributed by atoms with van der Waals surface area (Å²) in [5, 5.41) is 8.97. The zero-order valence-corrected chi connectivity index (χ0v) is 8.44. The summed E-state index contributed by atoms with van der Waals surface area (Å²) in [7, 11) is 0. The molecule has 6 heteroatoms. The second-order valence-corrected chi connectivity index (χ2v) is 5.21. The van der Waals surface area contributed by atoms with Crippen molar-refractivity contribution in [3.8, 4) is 0 Å². The van der Waals surface area contributed by atoms with Crippen LogP contribution in [-0.4, -0.2) is 33.0 Å². The lowest BCUT2D eigenvalue weighted by molar-refractivity contribution is -0.161. The van der Waals surface area contributed by atoms with Gasteiger partial charge in [0.05, 0.1) is 10.7 Å². The zero-order chi connectivity index (χ0) is 9.64. The van der Waals surface area contributed by atoms with E-state index in [1.165, 1.54) is 28.4 Å². The number of hydrogen-bond acceptors (Lipinski definition) is 4. The van der Waals surface area contributed by atoms with Crippen molar-refractivity contribution in [2.75, 3.05) is 6.26 Å². The Morgan fingerprint density at radius 2 is 2.54 bits per heavy atom. The highest BCUT2D eigenvalue weighted by Gasteiger charge is 2.60. The Balaban J connectivity index is 2.29. The maximum Gasteiger partial charge on any atom is 0.341 e. The van der Waals surface area contributed by atoms with Crippen molar-refractivity contribution in [3.05, 3.63) is 10.4 Å². The van der Waals surface area contributed by atoms with Crippen molar-refractivity contribution < 1.29 is 14.7 Å². The average molecular weight is 217 g/mol. The van der Waals surface area contributed by atoms with Crippen LogP contribution in [0, 0.1) is 0 Å². The van der Waals surface area contributed by atoms with Crippen molar-refractivity contribution in [3.63, 3.8) is 0 Å². The van der Waals surface area contributed by atoms with Crippen LogP contribution in [0.4, 0.5) is 0 Å². The summed E-state index contributed by atoms with van der Waals surface area (Å²) in [5.41, 5.74) is 0. The number of carboxylic acids is 1. The monoisotopic (exact) mass is 217 g/mol. The minimum absolute atomic E-state index is 0.105. The van der Waals surface area contributed by atoms with Gasteiger partial charge in [-0.3, -0.25) is 9.69 Å². The fraction of sp³-hybridized carbons (Fsp3) is 0.429. The molecule has 1 fully saturated rings. The third kappa shape index (κ3) is 1.02. The molecule has 1 saturated heterocycles. The van der Waals surface area contributed by atoms with E-state index in [0.717, 1.165) is 4.24 Å². The standard InChI is InChI=1S/C7H7NO3S2/c1-12-5-3-8-4(9)2-7(8,13-5)6(10)11/h3H,2H2,1H3,(H,10,11). The molecule has 2 aliphatic heterocycles. The molecule has 13 heavy (non-hydrogen) atoms. The molecule has 0 bridgehead atoms. The average Bonchev–Trinajstić information content (AvgIpc) is 2.38. The van der Waals surface area contributed by atoms with Crippen LogP contribution in [0.5, 0.6) is 0 Å². The number of aliphatic carboxylic acids is 1. The fourth-order valence-corrected chi connectivity index (χ4v) is 3.35. The molecule has 2 heterocycles. The largest absolute Gasteiger partial charge is 0.479 e. The Hall–Kier alpha value is -0.620. The number of fused-ring (bicyclic) bond motifs is 1. The Bertz CT molecular complexity index is 328. The van der Waals surface area contributed by atoms with E-state index in [0.29, 0.717) is 0 Å². The van der Waals surface area contributed by atoms with Crippen molar-refractivity contribution in [1.82, 2.24) is 4.90 Å². The number of amides is 1. The van der Waals surface area contributed by atoms with Gasteiger partial charge in [-0.15, -0.1) is 11.8 Å². The number of nitrogens with zero attached hydrogens (tertiary/aromatic N) is 1. The molecular formula is C7H7NO3S2. The minimum atomic E-state index is -1.02. The number of β-lactam (4-membered cyclic amide) rings is 1. The molecule has 0 spiro atoms. The van der Waals surface area contributed by atoms with Gasteiger partial charge < -0.3 is 5.11 Å². The lowest BCUT2D eigenvalue weighted by Gasteiger charge is -2.41. The van der Waals surface area contributed by atoms with Crippen LogP contribution in [0.15, 0.2) is 10.4 Å². The summed E-state index contributed by atoms with van der Waals surface area (Å²) in [6.45, 7) is 0. The van der Waals surface area contributed by atoms with Crippen molar-refractivity contribution in [2.45, 2.75) is 11.3 Å². The quantitative estimate of drug-likeness (QED) is 0.697. The normalized spacial score (nSPS) is 31.0. The molecule has 1 unspecified atom stereocenters. The van der Waals surface area contributed by atoms with Gasteiger partial charge in [0.15, 0.2) is 0 Å². The summed E-state index contributed by atoms with van der Waals surface area (Å²) in [6.07, 6.45) is 3.59. The zero-order valence-electron chi connectivity index (χ0n) is 6.81. The number of carbonyl (C=O) groups is 2. The molecule has 0 aliphatic carbocycles. The van der Waals surface area contributed by atoms with Crippen LogP contribution in [0.2, 0.25) is 0 Å². The predicted octanol–water partition coefficient (Wildman–Crippen LogP) is 0.908. The highest BCUT2D eigenvalue weighted by Crippen LogP contribution is 2.54. The Kier molecular flexibility index (Phi) is 1.85. The Morgan fingerprint density at radius 1 is 1.85 bits per heavy atom. The molecule has 2 aliphatic rings. The lowest BCUT2D eigenvalue weighted by Crippen LogP contribution is -2.61. The summed E-state index contributed by atoms with van der Waals surface area (Å²) in [6, 6.07) is 0. The molecule has 1 amide bonds. The first-order chi connectivity index (χ1) is 6.10. The molecule has 4 nitrogen and oxygen atoms in total. The molecule has 70 valence electrons. The van der Waals surface area contributed by atoms with Gasteiger partial charge in [0, 0.05) is 6.20 Å². The van der Waals surface area contributed by atoms with E-state index in [1.54, 1.807) is 6.20 Å². The molecule has 1 atom stereocenters. The topological polar surface area (TPSA) is 57.6 Å². The molecule has 0 aromatic rings. The Labute approximate surface area is 83.4 Å². The van der Waals surface area contributed by atoms with Gasteiger partial charge in [-0.2, -0.15) is 0 Å². The third-order valence-corrected chi connectivity index (χ3v) is 4.51. The van der Waals surface area contributed by atoms with Crippen LogP contribution >= 0.6 is 23.5 Å². The molecule has 2 rings (SSSR count). The SMILES string of the molecule is CSC1=CN2C(=O)CC2(C(=O)O)S1. The number of rotatable bonds is 2. The van der Waals surface area contributed by atoms with Gasteiger partial charge in [0.2, 0.25) is 10.8 Å². The van der Waals surface area contributed by atoms with Crippen LogP contribution in [0.1, 0.15) is 6.42 Å². The summed E-state index contributed by atoms with van der Waals surface area (Å²) in [4.78, 5) is 22.3. The van der Waals surface area contributed by atoms with E-state index in [4.69, 9.17) is 5.11 Å².